The van der Waals surface area contributed by atoms with Gasteiger partial charge in [0.15, 0.2) is 0 Å². The largest absolute Gasteiger partial charge is 0.305 e. The van der Waals surface area contributed by atoms with Crippen LogP contribution in [-0.2, 0) is 0 Å². The molecule has 0 aliphatic carbocycles. The van der Waals surface area contributed by atoms with Crippen LogP contribution in [0.2, 0.25) is 0 Å². The Balaban J connectivity index is 1.86. The van der Waals surface area contributed by atoms with Crippen molar-refractivity contribution >= 4 is 11.3 Å². The summed E-state index contributed by atoms with van der Waals surface area (Å²) in [5, 5.41) is 3.76. The van der Waals surface area contributed by atoms with Crippen molar-refractivity contribution in [2.24, 2.45) is 0 Å². The molecule has 2 heterocycles. The van der Waals surface area contributed by atoms with Crippen LogP contribution in [0.4, 0.5) is 0 Å². The summed E-state index contributed by atoms with van der Waals surface area (Å²) in [6.07, 6.45) is 1.28. The van der Waals surface area contributed by atoms with Gasteiger partial charge in [-0.1, -0.05) is 0 Å². The second-order valence-electron chi connectivity index (χ2n) is 5.41. The van der Waals surface area contributed by atoms with E-state index in [9.17, 15) is 0 Å². The fraction of sp³-hybridized carbons (Fsp3) is 0.714. The fourth-order valence-electron chi connectivity index (χ4n) is 2.51. The average molecular weight is 252 g/mol. The zero-order valence-electron chi connectivity index (χ0n) is 11.4. The van der Waals surface area contributed by atoms with Crippen LogP contribution in [-0.4, -0.2) is 30.1 Å². The van der Waals surface area contributed by atoms with E-state index in [2.05, 4.69) is 50.0 Å². The zero-order chi connectivity index (χ0) is 12.4. The van der Waals surface area contributed by atoms with Gasteiger partial charge in [-0.05, 0) is 52.8 Å². The molecule has 2 rings (SSSR count). The van der Waals surface area contributed by atoms with E-state index < -0.39 is 0 Å². The minimum atomic E-state index is 0.491. The number of nitrogens with zero attached hydrogens (tertiary/aromatic N) is 1. The third-order valence-electron chi connectivity index (χ3n) is 3.62. The highest BCUT2D eigenvalue weighted by Crippen LogP contribution is 2.24. The zero-order valence-corrected chi connectivity index (χ0v) is 12.2. The van der Waals surface area contributed by atoms with Gasteiger partial charge in [-0.25, -0.2) is 0 Å². The molecule has 3 heteroatoms. The number of hydrogen-bond donors (Lipinski definition) is 1. The first kappa shape index (κ1) is 13.1. The van der Waals surface area contributed by atoms with Gasteiger partial charge >= 0.3 is 0 Å². The van der Waals surface area contributed by atoms with Crippen LogP contribution < -0.4 is 5.32 Å². The molecular weight excluding hydrogens is 228 g/mol. The molecule has 0 radical (unpaired) electrons. The lowest BCUT2D eigenvalue weighted by molar-refractivity contribution is 0.266. The van der Waals surface area contributed by atoms with Crippen LogP contribution in [0.15, 0.2) is 12.1 Å². The van der Waals surface area contributed by atoms with Crippen LogP contribution in [0.3, 0.4) is 0 Å². The number of hydrogen-bond acceptors (Lipinski definition) is 3. The summed E-state index contributed by atoms with van der Waals surface area (Å²) in [4.78, 5) is 5.43. The van der Waals surface area contributed by atoms with Gasteiger partial charge in [0, 0.05) is 34.4 Å². The highest BCUT2D eigenvalue weighted by molar-refractivity contribution is 7.12. The molecule has 1 aliphatic rings. The van der Waals surface area contributed by atoms with E-state index in [-0.39, 0.29) is 0 Å². The van der Waals surface area contributed by atoms with Crippen molar-refractivity contribution in [2.75, 3.05) is 13.1 Å². The SMILES string of the molecule is Cc1ccc(C(C)NC2CCN(C(C)C)C2)s1. The standard InChI is InChI=1S/C14H24N2S/c1-10(2)16-8-7-13(9-16)15-12(4)14-6-5-11(3)17-14/h5-6,10,12-13,15H,7-9H2,1-4H3. The Morgan fingerprint density at radius 2 is 2.12 bits per heavy atom. The lowest BCUT2D eigenvalue weighted by atomic mass is 10.2. The number of aryl methyl sites for hydroxylation is 1. The minimum absolute atomic E-state index is 0.491. The van der Waals surface area contributed by atoms with E-state index in [0.29, 0.717) is 18.1 Å². The molecule has 1 aromatic rings. The summed E-state index contributed by atoms with van der Waals surface area (Å²) >= 11 is 1.91. The molecule has 0 saturated carbocycles. The van der Waals surface area contributed by atoms with Crippen molar-refractivity contribution in [3.8, 4) is 0 Å². The molecule has 0 amide bonds. The Hall–Kier alpha value is -0.380. The second-order valence-corrected chi connectivity index (χ2v) is 6.73. The molecule has 2 atom stereocenters. The Morgan fingerprint density at radius 1 is 1.35 bits per heavy atom. The molecule has 1 fully saturated rings. The molecule has 1 N–H and O–H groups in total. The molecule has 0 aromatic carbocycles. The fourth-order valence-corrected chi connectivity index (χ4v) is 3.40. The summed E-state index contributed by atoms with van der Waals surface area (Å²) in [5.41, 5.74) is 0. The number of thiophene rings is 1. The first-order valence-electron chi connectivity index (χ1n) is 6.62. The molecule has 2 unspecified atom stereocenters. The van der Waals surface area contributed by atoms with Gasteiger partial charge in [-0.3, -0.25) is 4.90 Å². The van der Waals surface area contributed by atoms with Gasteiger partial charge in [0.05, 0.1) is 0 Å². The maximum absolute atomic E-state index is 3.76. The van der Waals surface area contributed by atoms with E-state index >= 15 is 0 Å². The van der Waals surface area contributed by atoms with E-state index in [1.807, 2.05) is 11.3 Å². The monoisotopic (exact) mass is 252 g/mol. The van der Waals surface area contributed by atoms with Gasteiger partial charge in [0.1, 0.15) is 0 Å². The topological polar surface area (TPSA) is 15.3 Å². The first-order valence-corrected chi connectivity index (χ1v) is 7.44. The summed E-state index contributed by atoms with van der Waals surface area (Å²) in [5.74, 6) is 0. The van der Waals surface area contributed by atoms with Gasteiger partial charge in [-0.2, -0.15) is 0 Å². The van der Waals surface area contributed by atoms with E-state index in [0.717, 1.165) is 0 Å². The van der Waals surface area contributed by atoms with Gasteiger partial charge in [0.25, 0.3) is 0 Å². The highest BCUT2D eigenvalue weighted by Gasteiger charge is 2.25. The number of nitrogens with one attached hydrogen (secondary N) is 1. The van der Waals surface area contributed by atoms with Crippen molar-refractivity contribution in [2.45, 2.75) is 52.2 Å². The van der Waals surface area contributed by atoms with Crippen molar-refractivity contribution < 1.29 is 0 Å². The average Bonchev–Trinajstić information content (AvgIpc) is 2.86. The Morgan fingerprint density at radius 3 is 2.65 bits per heavy atom. The van der Waals surface area contributed by atoms with E-state index in [4.69, 9.17) is 0 Å². The molecule has 0 bridgehead atoms. The third-order valence-corrected chi connectivity index (χ3v) is 4.81. The molecule has 96 valence electrons. The van der Waals surface area contributed by atoms with E-state index in [1.165, 1.54) is 29.3 Å². The smallest absolute Gasteiger partial charge is 0.0388 e. The van der Waals surface area contributed by atoms with Crippen molar-refractivity contribution in [1.82, 2.24) is 10.2 Å². The Kier molecular flexibility index (Phi) is 4.23. The van der Waals surface area contributed by atoms with Crippen LogP contribution in [0, 0.1) is 6.92 Å². The van der Waals surface area contributed by atoms with Gasteiger partial charge in [0.2, 0.25) is 0 Å². The maximum atomic E-state index is 3.76. The van der Waals surface area contributed by atoms with Crippen molar-refractivity contribution in [3.63, 3.8) is 0 Å². The summed E-state index contributed by atoms with van der Waals surface area (Å²) < 4.78 is 0. The number of rotatable bonds is 4. The lowest BCUT2D eigenvalue weighted by Gasteiger charge is -2.22. The quantitative estimate of drug-likeness (QED) is 0.885. The second kappa shape index (κ2) is 5.51. The van der Waals surface area contributed by atoms with E-state index in [1.54, 1.807) is 0 Å². The first-order chi connectivity index (χ1) is 8.06. The number of likely N-dealkylation sites (tertiary alicyclic amines) is 1. The third kappa shape index (κ3) is 3.30. The molecule has 1 aromatic heterocycles. The van der Waals surface area contributed by atoms with Crippen LogP contribution in [0.1, 0.15) is 43.0 Å². The molecule has 2 nitrogen and oxygen atoms in total. The normalized spacial score (nSPS) is 23.5. The summed E-state index contributed by atoms with van der Waals surface area (Å²) in [6, 6.07) is 6.31. The molecular formula is C14H24N2S. The molecule has 17 heavy (non-hydrogen) atoms. The highest BCUT2D eigenvalue weighted by atomic mass is 32.1. The van der Waals surface area contributed by atoms with Crippen LogP contribution in [0.25, 0.3) is 0 Å². The Bertz CT molecular complexity index is 359. The predicted molar refractivity (Wildman–Crippen MR) is 75.7 cm³/mol. The minimum Gasteiger partial charge on any atom is -0.305 e. The van der Waals surface area contributed by atoms with Crippen molar-refractivity contribution in [1.29, 1.82) is 0 Å². The van der Waals surface area contributed by atoms with Crippen molar-refractivity contribution in [3.05, 3.63) is 21.9 Å². The molecule has 1 saturated heterocycles. The maximum Gasteiger partial charge on any atom is 0.0388 e. The lowest BCUT2D eigenvalue weighted by Crippen LogP contribution is -2.36. The Labute approximate surface area is 109 Å². The van der Waals surface area contributed by atoms with Crippen LogP contribution >= 0.6 is 11.3 Å². The summed E-state index contributed by atoms with van der Waals surface area (Å²) in [7, 11) is 0. The predicted octanol–water partition coefficient (Wildman–Crippen LogP) is 3.19. The van der Waals surface area contributed by atoms with Gasteiger partial charge in [-0.15, -0.1) is 11.3 Å². The molecule has 1 aliphatic heterocycles. The van der Waals surface area contributed by atoms with Gasteiger partial charge < -0.3 is 5.32 Å². The summed E-state index contributed by atoms with van der Waals surface area (Å²) in [6.45, 7) is 11.5. The molecule has 0 spiro atoms. The van der Waals surface area contributed by atoms with Crippen LogP contribution in [0.5, 0.6) is 0 Å².